The molecule has 0 amide bonds. The van der Waals surface area contributed by atoms with Gasteiger partial charge in [0.1, 0.15) is 5.75 Å². The number of rotatable bonds is 3. The molecule has 19 heavy (non-hydrogen) atoms. The summed E-state index contributed by atoms with van der Waals surface area (Å²) in [6, 6.07) is 8.90. The van der Waals surface area contributed by atoms with E-state index in [1.807, 2.05) is 29.9 Å². The van der Waals surface area contributed by atoms with Crippen molar-refractivity contribution in [2.75, 3.05) is 0 Å². The van der Waals surface area contributed by atoms with Crippen molar-refractivity contribution in [3.63, 3.8) is 0 Å². The highest BCUT2D eigenvalue weighted by molar-refractivity contribution is 5.33. The summed E-state index contributed by atoms with van der Waals surface area (Å²) in [7, 11) is 1.86. The van der Waals surface area contributed by atoms with Crippen LogP contribution in [0.2, 0.25) is 0 Å². The van der Waals surface area contributed by atoms with E-state index < -0.39 is 6.36 Å². The van der Waals surface area contributed by atoms with Gasteiger partial charge >= 0.3 is 6.36 Å². The van der Waals surface area contributed by atoms with Crippen molar-refractivity contribution < 1.29 is 17.9 Å². The van der Waals surface area contributed by atoms with Crippen molar-refractivity contribution in [3.05, 3.63) is 53.9 Å². The first kappa shape index (κ1) is 13.5. The highest BCUT2D eigenvalue weighted by Gasteiger charge is 2.31. The topological polar surface area (TPSA) is 40.2 Å². The van der Waals surface area contributed by atoms with Gasteiger partial charge in [-0.15, -0.1) is 13.2 Å². The van der Waals surface area contributed by atoms with Gasteiger partial charge < -0.3 is 15.0 Å². The van der Waals surface area contributed by atoms with Gasteiger partial charge in [0.2, 0.25) is 0 Å². The van der Waals surface area contributed by atoms with E-state index in [0.717, 1.165) is 11.3 Å². The first-order valence-electron chi connectivity index (χ1n) is 5.59. The third-order valence-corrected chi connectivity index (χ3v) is 2.78. The summed E-state index contributed by atoms with van der Waals surface area (Å²) < 4.78 is 41.7. The maximum absolute atomic E-state index is 12.0. The molecule has 0 saturated heterocycles. The third kappa shape index (κ3) is 3.29. The van der Waals surface area contributed by atoms with Gasteiger partial charge in [-0.05, 0) is 29.8 Å². The van der Waals surface area contributed by atoms with Gasteiger partial charge in [0.05, 0.1) is 6.04 Å². The Morgan fingerprint density at radius 1 is 1.16 bits per heavy atom. The molecule has 2 N–H and O–H groups in total. The first-order chi connectivity index (χ1) is 8.87. The van der Waals surface area contributed by atoms with Crippen molar-refractivity contribution in [3.8, 4) is 5.75 Å². The van der Waals surface area contributed by atoms with Crippen LogP contribution >= 0.6 is 0 Å². The lowest BCUT2D eigenvalue weighted by Crippen LogP contribution is -2.18. The molecule has 0 unspecified atom stereocenters. The highest BCUT2D eigenvalue weighted by atomic mass is 19.4. The van der Waals surface area contributed by atoms with Gasteiger partial charge in [0.25, 0.3) is 0 Å². The molecule has 2 aromatic rings. The number of halogens is 3. The fourth-order valence-electron chi connectivity index (χ4n) is 1.85. The Labute approximate surface area is 108 Å². The van der Waals surface area contributed by atoms with Gasteiger partial charge in [-0.2, -0.15) is 0 Å². The molecule has 0 aliphatic carbocycles. The Balaban J connectivity index is 2.17. The Bertz CT molecular complexity index is 546. The molecule has 2 rings (SSSR count). The van der Waals surface area contributed by atoms with Crippen LogP contribution in [0.25, 0.3) is 0 Å². The van der Waals surface area contributed by atoms with E-state index in [-0.39, 0.29) is 11.8 Å². The lowest BCUT2D eigenvalue weighted by Gasteiger charge is -2.14. The molecule has 1 aromatic carbocycles. The Hall–Kier alpha value is -1.95. The summed E-state index contributed by atoms with van der Waals surface area (Å²) >= 11 is 0. The number of ether oxygens (including phenoxy) is 1. The second kappa shape index (κ2) is 4.97. The number of hydrogen-bond acceptors (Lipinski definition) is 2. The summed E-state index contributed by atoms with van der Waals surface area (Å²) in [6.07, 6.45) is -2.82. The number of nitrogens with two attached hydrogens (primary N) is 1. The lowest BCUT2D eigenvalue weighted by atomic mass is 10.0. The monoisotopic (exact) mass is 270 g/mol. The molecule has 102 valence electrons. The van der Waals surface area contributed by atoms with Crippen LogP contribution in [-0.4, -0.2) is 10.9 Å². The van der Waals surface area contributed by atoms with Gasteiger partial charge in [-0.25, -0.2) is 0 Å². The number of aryl methyl sites for hydroxylation is 1. The van der Waals surface area contributed by atoms with Gasteiger partial charge in [-0.1, -0.05) is 12.1 Å². The summed E-state index contributed by atoms with van der Waals surface area (Å²) in [5.41, 5.74) is 7.65. The number of nitrogens with zero attached hydrogens (tertiary/aromatic N) is 1. The smallest absolute Gasteiger partial charge is 0.406 e. The summed E-state index contributed by atoms with van der Waals surface area (Å²) in [4.78, 5) is 0. The van der Waals surface area contributed by atoms with Crippen LogP contribution in [0.5, 0.6) is 5.75 Å². The second-order valence-electron chi connectivity index (χ2n) is 4.14. The van der Waals surface area contributed by atoms with Crippen LogP contribution in [0.4, 0.5) is 13.2 Å². The fourth-order valence-corrected chi connectivity index (χ4v) is 1.85. The van der Waals surface area contributed by atoms with Crippen LogP contribution in [0.1, 0.15) is 17.3 Å². The van der Waals surface area contributed by atoms with Gasteiger partial charge in [0.15, 0.2) is 0 Å². The minimum atomic E-state index is -4.68. The van der Waals surface area contributed by atoms with Gasteiger partial charge in [0, 0.05) is 18.9 Å². The minimum absolute atomic E-state index is 0.254. The van der Waals surface area contributed by atoms with Crippen LogP contribution in [0.3, 0.4) is 0 Å². The number of hydrogen-bond donors (Lipinski definition) is 1. The van der Waals surface area contributed by atoms with E-state index >= 15 is 0 Å². The van der Waals surface area contributed by atoms with E-state index in [4.69, 9.17) is 5.73 Å². The minimum Gasteiger partial charge on any atom is -0.406 e. The molecular formula is C13H13F3N2O. The molecule has 0 fully saturated rings. The molecule has 0 bridgehead atoms. The van der Waals surface area contributed by atoms with E-state index in [1.54, 1.807) is 0 Å². The molecule has 0 aliphatic rings. The van der Waals surface area contributed by atoms with E-state index in [1.165, 1.54) is 24.3 Å². The largest absolute Gasteiger partial charge is 0.573 e. The zero-order valence-corrected chi connectivity index (χ0v) is 10.2. The standard InChI is InChI=1S/C13H13F3N2O/c1-18-8-2-3-11(18)12(17)9-4-6-10(7-5-9)19-13(14,15)16/h2-8,12H,17H2,1H3/t12-/m0/s1. The number of alkyl halides is 3. The highest BCUT2D eigenvalue weighted by Crippen LogP contribution is 2.25. The molecule has 1 heterocycles. The SMILES string of the molecule is Cn1cccc1[C@@H](N)c1ccc(OC(F)(F)F)cc1. The normalized spacial score (nSPS) is 13.3. The van der Waals surface area contributed by atoms with E-state index in [9.17, 15) is 13.2 Å². The molecule has 6 heteroatoms. The average molecular weight is 270 g/mol. The van der Waals surface area contributed by atoms with Crippen LogP contribution in [0.15, 0.2) is 42.6 Å². The third-order valence-electron chi connectivity index (χ3n) is 2.78. The van der Waals surface area contributed by atoms with Crippen molar-refractivity contribution in [2.45, 2.75) is 12.4 Å². The predicted octanol–water partition coefficient (Wildman–Crippen LogP) is 2.97. The summed E-state index contributed by atoms with van der Waals surface area (Å²) in [6.45, 7) is 0. The Kier molecular flexibility index (Phi) is 3.53. The quantitative estimate of drug-likeness (QED) is 0.931. The number of aromatic nitrogens is 1. The fraction of sp³-hybridized carbons (Fsp3) is 0.231. The molecule has 0 spiro atoms. The van der Waals surface area contributed by atoms with Crippen LogP contribution in [0, 0.1) is 0 Å². The first-order valence-corrected chi connectivity index (χ1v) is 5.59. The average Bonchev–Trinajstić information content (AvgIpc) is 2.73. The molecule has 0 saturated carbocycles. The zero-order valence-electron chi connectivity index (χ0n) is 10.2. The molecule has 0 radical (unpaired) electrons. The van der Waals surface area contributed by atoms with Gasteiger partial charge in [-0.3, -0.25) is 0 Å². The van der Waals surface area contributed by atoms with E-state index in [2.05, 4.69) is 4.74 Å². The maximum Gasteiger partial charge on any atom is 0.573 e. The number of benzene rings is 1. The molecular weight excluding hydrogens is 257 g/mol. The maximum atomic E-state index is 12.0. The Morgan fingerprint density at radius 3 is 2.26 bits per heavy atom. The zero-order chi connectivity index (χ0) is 14.0. The van der Waals surface area contributed by atoms with E-state index in [0.29, 0.717) is 0 Å². The second-order valence-corrected chi connectivity index (χ2v) is 4.14. The predicted molar refractivity (Wildman–Crippen MR) is 64.6 cm³/mol. The van der Waals surface area contributed by atoms with Crippen LogP contribution < -0.4 is 10.5 Å². The lowest BCUT2D eigenvalue weighted by molar-refractivity contribution is -0.274. The van der Waals surface area contributed by atoms with Crippen molar-refractivity contribution >= 4 is 0 Å². The Morgan fingerprint density at radius 2 is 1.79 bits per heavy atom. The van der Waals surface area contributed by atoms with Crippen LogP contribution in [-0.2, 0) is 7.05 Å². The molecule has 1 atom stereocenters. The summed E-state index contributed by atoms with van der Waals surface area (Å²) in [5, 5.41) is 0. The van der Waals surface area contributed by atoms with Crippen molar-refractivity contribution in [1.29, 1.82) is 0 Å². The summed E-state index contributed by atoms with van der Waals surface area (Å²) in [5.74, 6) is -0.254. The molecule has 3 nitrogen and oxygen atoms in total. The molecule has 1 aromatic heterocycles. The molecule has 0 aliphatic heterocycles. The van der Waals surface area contributed by atoms with Crippen molar-refractivity contribution in [1.82, 2.24) is 4.57 Å². The van der Waals surface area contributed by atoms with Crippen molar-refractivity contribution in [2.24, 2.45) is 12.8 Å².